The van der Waals surface area contributed by atoms with Crippen molar-refractivity contribution in [2.45, 2.75) is 19.3 Å². The van der Waals surface area contributed by atoms with Gasteiger partial charge >= 0.3 is 0 Å². The lowest BCUT2D eigenvalue weighted by Gasteiger charge is -2.14. The van der Waals surface area contributed by atoms with Crippen molar-refractivity contribution < 1.29 is 9.59 Å². The predicted molar refractivity (Wildman–Crippen MR) is 52.2 cm³/mol. The molecule has 0 radical (unpaired) electrons. The maximum atomic E-state index is 11.5. The summed E-state index contributed by atoms with van der Waals surface area (Å²) in [4.78, 5) is 22.4. The quantitative estimate of drug-likeness (QED) is 0.723. The van der Waals surface area contributed by atoms with E-state index in [1.807, 2.05) is 6.07 Å². The van der Waals surface area contributed by atoms with Crippen molar-refractivity contribution in [3.05, 3.63) is 34.9 Å². The Morgan fingerprint density at radius 3 is 2.79 bits per heavy atom. The van der Waals surface area contributed by atoms with E-state index in [0.717, 1.165) is 18.4 Å². The molecule has 1 aromatic carbocycles. The monoisotopic (exact) mass is 189 g/mol. The van der Waals surface area contributed by atoms with Gasteiger partial charge in [0, 0.05) is 17.5 Å². The van der Waals surface area contributed by atoms with Crippen LogP contribution < -0.4 is 5.73 Å². The first-order chi connectivity index (χ1) is 6.68. The van der Waals surface area contributed by atoms with Crippen LogP contribution in [-0.2, 0) is 6.42 Å². The molecule has 0 heterocycles. The Balaban J connectivity index is 2.51. The Morgan fingerprint density at radius 1 is 1.29 bits per heavy atom. The van der Waals surface area contributed by atoms with Crippen LogP contribution in [0.3, 0.4) is 0 Å². The van der Waals surface area contributed by atoms with Gasteiger partial charge in [0.1, 0.15) is 0 Å². The number of rotatable bonds is 1. The third kappa shape index (κ3) is 1.41. The van der Waals surface area contributed by atoms with Gasteiger partial charge in [0.25, 0.3) is 0 Å². The Labute approximate surface area is 81.9 Å². The lowest BCUT2D eigenvalue weighted by Crippen LogP contribution is -2.15. The van der Waals surface area contributed by atoms with Crippen LogP contribution in [0, 0.1) is 0 Å². The summed E-state index contributed by atoms with van der Waals surface area (Å²) in [5, 5.41) is 0. The molecule has 14 heavy (non-hydrogen) atoms. The van der Waals surface area contributed by atoms with Gasteiger partial charge in [-0.25, -0.2) is 0 Å². The number of carbonyl (C=O) groups is 2. The van der Waals surface area contributed by atoms with Gasteiger partial charge in [-0.1, -0.05) is 6.07 Å². The molecule has 1 aliphatic rings. The number of fused-ring (bicyclic) bond motifs is 1. The Morgan fingerprint density at radius 2 is 2.07 bits per heavy atom. The Hall–Kier alpha value is -1.64. The highest BCUT2D eigenvalue weighted by Crippen LogP contribution is 2.22. The average Bonchev–Trinajstić information content (AvgIpc) is 2.18. The first-order valence-corrected chi connectivity index (χ1v) is 4.64. The summed E-state index contributed by atoms with van der Waals surface area (Å²) in [7, 11) is 0. The largest absolute Gasteiger partial charge is 0.366 e. The molecule has 2 N–H and O–H groups in total. The molecule has 1 amide bonds. The van der Waals surface area contributed by atoms with Crippen LogP contribution in [0.1, 0.15) is 39.1 Å². The van der Waals surface area contributed by atoms with Crippen molar-refractivity contribution in [2.75, 3.05) is 0 Å². The summed E-state index contributed by atoms with van der Waals surface area (Å²) in [6.07, 6.45) is 2.40. The minimum atomic E-state index is -0.480. The topological polar surface area (TPSA) is 60.2 Å². The number of carbonyl (C=O) groups excluding carboxylic acids is 2. The smallest absolute Gasteiger partial charge is 0.248 e. The van der Waals surface area contributed by atoms with Gasteiger partial charge in [-0.2, -0.15) is 0 Å². The minimum absolute atomic E-state index is 0.120. The van der Waals surface area contributed by atoms with E-state index in [1.54, 1.807) is 12.1 Å². The second-order valence-corrected chi connectivity index (χ2v) is 3.51. The molecular formula is C11H11NO2. The van der Waals surface area contributed by atoms with E-state index in [1.165, 1.54) is 0 Å². The minimum Gasteiger partial charge on any atom is -0.366 e. The van der Waals surface area contributed by atoms with Gasteiger partial charge in [0.15, 0.2) is 5.78 Å². The molecule has 0 saturated carbocycles. The van der Waals surface area contributed by atoms with E-state index in [9.17, 15) is 9.59 Å². The number of nitrogens with two attached hydrogens (primary N) is 1. The highest BCUT2D eigenvalue weighted by atomic mass is 16.1. The van der Waals surface area contributed by atoms with E-state index >= 15 is 0 Å². The number of aryl methyl sites for hydroxylation is 1. The van der Waals surface area contributed by atoms with Crippen molar-refractivity contribution >= 4 is 11.7 Å². The Kier molecular flexibility index (Phi) is 2.08. The fourth-order valence-electron chi connectivity index (χ4n) is 1.78. The molecule has 3 heteroatoms. The second-order valence-electron chi connectivity index (χ2n) is 3.51. The van der Waals surface area contributed by atoms with Gasteiger partial charge in [-0.15, -0.1) is 0 Å². The molecule has 0 aromatic heterocycles. The average molecular weight is 189 g/mol. The molecule has 1 aromatic rings. The van der Waals surface area contributed by atoms with Crippen LogP contribution >= 0.6 is 0 Å². The predicted octanol–water partition coefficient (Wildman–Crippen LogP) is 1.30. The number of hydrogen-bond donors (Lipinski definition) is 1. The molecule has 1 aliphatic carbocycles. The van der Waals surface area contributed by atoms with Crippen LogP contribution in [0.25, 0.3) is 0 Å². The number of benzene rings is 1. The summed E-state index contributed by atoms with van der Waals surface area (Å²) >= 11 is 0. The molecule has 0 bridgehead atoms. The number of Topliss-reactive ketones (excluding diaryl/α,β-unsaturated/α-hetero) is 1. The molecule has 0 fully saturated rings. The number of hydrogen-bond acceptors (Lipinski definition) is 2. The van der Waals surface area contributed by atoms with E-state index in [0.29, 0.717) is 17.5 Å². The van der Waals surface area contributed by atoms with Crippen molar-refractivity contribution in [3.8, 4) is 0 Å². The summed E-state index contributed by atoms with van der Waals surface area (Å²) in [5.74, 6) is -0.361. The van der Waals surface area contributed by atoms with E-state index in [2.05, 4.69) is 0 Å². The standard InChI is InChI=1S/C11H11NO2/c12-11(14)8-5-4-7-2-1-3-10(13)9(7)6-8/h4-6H,1-3H2,(H2,12,14). The highest BCUT2D eigenvalue weighted by molar-refractivity contribution is 6.01. The number of ketones is 1. The lowest BCUT2D eigenvalue weighted by atomic mass is 9.89. The van der Waals surface area contributed by atoms with E-state index in [-0.39, 0.29) is 5.78 Å². The third-order valence-electron chi connectivity index (χ3n) is 2.54. The van der Waals surface area contributed by atoms with E-state index < -0.39 is 5.91 Å². The molecule has 2 rings (SSSR count). The molecule has 0 atom stereocenters. The molecule has 72 valence electrons. The van der Waals surface area contributed by atoms with Gasteiger partial charge in [0.2, 0.25) is 5.91 Å². The maximum Gasteiger partial charge on any atom is 0.248 e. The summed E-state index contributed by atoms with van der Waals surface area (Å²) in [6, 6.07) is 5.12. The fraction of sp³-hybridized carbons (Fsp3) is 0.273. The summed E-state index contributed by atoms with van der Waals surface area (Å²) in [5.41, 5.74) is 7.27. The molecule has 0 spiro atoms. The molecule has 0 saturated heterocycles. The third-order valence-corrected chi connectivity index (χ3v) is 2.54. The summed E-state index contributed by atoms with van der Waals surface area (Å²) in [6.45, 7) is 0. The van der Waals surface area contributed by atoms with Crippen LogP contribution in [0.5, 0.6) is 0 Å². The molecular weight excluding hydrogens is 178 g/mol. The van der Waals surface area contributed by atoms with Crippen molar-refractivity contribution in [1.29, 1.82) is 0 Å². The van der Waals surface area contributed by atoms with Gasteiger partial charge in [0.05, 0.1) is 0 Å². The maximum absolute atomic E-state index is 11.5. The SMILES string of the molecule is NC(=O)c1ccc2c(c1)C(=O)CCC2. The second kappa shape index (κ2) is 3.25. The molecule has 3 nitrogen and oxygen atoms in total. The van der Waals surface area contributed by atoms with Crippen LogP contribution in [-0.4, -0.2) is 11.7 Å². The first-order valence-electron chi connectivity index (χ1n) is 4.64. The number of primary amides is 1. The first kappa shape index (κ1) is 8.94. The summed E-state index contributed by atoms with van der Waals surface area (Å²) < 4.78 is 0. The Bertz CT molecular complexity index is 410. The molecule has 0 aliphatic heterocycles. The fourth-order valence-corrected chi connectivity index (χ4v) is 1.78. The van der Waals surface area contributed by atoms with Gasteiger partial charge in [-0.3, -0.25) is 9.59 Å². The highest BCUT2D eigenvalue weighted by Gasteiger charge is 2.17. The van der Waals surface area contributed by atoms with Crippen LogP contribution in [0.2, 0.25) is 0 Å². The van der Waals surface area contributed by atoms with Gasteiger partial charge < -0.3 is 5.73 Å². The van der Waals surface area contributed by atoms with Crippen molar-refractivity contribution in [2.24, 2.45) is 5.73 Å². The van der Waals surface area contributed by atoms with Crippen molar-refractivity contribution in [3.63, 3.8) is 0 Å². The zero-order chi connectivity index (χ0) is 10.1. The van der Waals surface area contributed by atoms with Gasteiger partial charge in [-0.05, 0) is 30.5 Å². The van der Waals surface area contributed by atoms with E-state index in [4.69, 9.17) is 5.73 Å². The van der Waals surface area contributed by atoms with Crippen LogP contribution in [0.4, 0.5) is 0 Å². The lowest BCUT2D eigenvalue weighted by molar-refractivity contribution is 0.0972. The zero-order valence-electron chi connectivity index (χ0n) is 7.75. The zero-order valence-corrected chi connectivity index (χ0v) is 7.75. The van der Waals surface area contributed by atoms with Crippen molar-refractivity contribution in [1.82, 2.24) is 0 Å². The number of amides is 1. The van der Waals surface area contributed by atoms with Crippen LogP contribution in [0.15, 0.2) is 18.2 Å². The normalized spacial score (nSPS) is 15.0. The molecule has 0 unspecified atom stereocenters.